The first-order valence-electron chi connectivity index (χ1n) is 5.80. The minimum atomic E-state index is -3.66. The first-order chi connectivity index (χ1) is 9.83. The van der Waals surface area contributed by atoms with Crippen LogP contribution in [-0.2, 0) is 16.6 Å². The first kappa shape index (κ1) is 17.0. The van der Waals surface area contributed by atoms with Gasteiger partial charge in [0.15, 0.2) is 0 Å². The molecule has 21 heavy (non-hydrogen) atoms. The molecule has 0 bridgehead atoms. The average Bonchev–Trinajstić information content (AvgIpc) is 2.43. The fourth-order valence-corrected chi connectivity index (χ4v) is 5.46. The maximum atomic E-state index is 12.4. The highest BCUT2D eigenvalue weighted by Crippen LogP contribution is 2.35. The second kappa shape index (κ2) is 6.78. The molecular formula is C13H11Br3N2O2S. The normalized spacial score (nSPS) is 11.4. The lowest BCUT2D eigenvalue weighted by atomic mass is 10.2. The molecule has 3 N–H and O–H groups in total. The van der Waals surface area contributed by atoms with E-state index < -0.39 is 10.0 Å². The van der Waals surface area contributed by atoms with Crippen LogP contribution in [-0.4, -0.2) is 8.42 Å². The molecule has 0 atom stereocenters. The summed E-state index contributed by atoms with van der Waals surface area (Å²) < 4.78 is 29.4. The highest BCUT2D eigenvalue weighted by atomic mass is 79.9. The second-order valence-electron chi connectivity index (χ2n) is 4.20. The van der Waals surface area contributed by atoms with Crippen molar-refractivity contribution in [3.8, 4) is 0 Å². The minimum Gasteiger partial charge on any atom is -0.326 e. The van der Waals surface area contributed by atoms with Gasteiger partial charge in [-0.15, -0.1) is 0 Å². The molecule has 0 radical (unpaired) electrons. The molecule has 0 fully saturated rings. The maximum absolute atomic E-state index is 12.4. The van der Waals surface area contributed by atoms with E-state index in [1.807, 2.05) is 0 Å². The third-order valence-electron chi connectivity index (χ3n) is 2.71. The molecule has 4 nitrogen and oxygen atoms in total. The van der Waals surface area contributed by atoms with E-state index in [4.69, 9.17) is 5.73 Å². The largest absolute Gasteiger partial charge is 0.326 e. The number of hydrogen-bond donors (Lipinski definition) is 2. The van der Waals surface area contributed by atoms with E-state index in [1.165, 1.54) is 12.1 Å². The molecule has 112 valence electrons. The van der Waals surface area contributed by atoms with Gasteiger partial charge in [0.1, 0.15) is 0 Å². The summed E-state index contributed by atoms with van der Waals surface area (Å²) in [5, 5.41) is 0. The lowest BCUT2D eigenvalue weighted by Gasteiger charge is -2.12. The Morgan fingerprint density at radius 1 is 1.00 bits per heavy atom. The van der Waals surface area contributed by atoms with Crippen LogP contribution in [0.3, 0.4) is 0 Å². The molecule has 0 aromatic heterocycles. The minimum absolute atomic E-state index is 0.182. The van der Waals surface area contributed by atoms with Gasteiger partial charge in [-0.3, -0.25) is 4.72 Å². The van der Waals surface area contributed by atoms with Gasteiger partial charge in [-0.1, -0.05) is 28.1 Å². The number of nitrogens with one attached hydrogen (secondary N) is 1. The molecular weight excluding hydrogens is 488 g/mol. The van der Waals surface area contributed by atoms with Crippen molar-refractivity contribution in [2.24, 2.45) is 5.73 Å². The SMILES string of the molecule is NCc1ccc(S(=O)(=O)Nc2c(Br)cc(Br)cc2Br)cc1. The fraction of sp³-hybridized carbons (Fsp3) is 0.0769. The standard InChI is InChI=1S/C13H11Br3N2O2S/c14-9-5-11(15)13(12(16)6-9)18-21(19,20)10-3-1-8(7-17)2-4-10/h1-6,18H,7,17H2. The zero-order chi connectivity index (χ0) is 15.6. The van der Waals surface area contributed by atoms with Crippen molar-refractivity contribution in [2.45, 2.75) is 11.4 Å². The van der Waals surface area contributed by atoms with Gasteiger partial charge in [0.25, 0.3) is 10.0 Å². The fourth-order valence-electron chi connectivity index (χ4n) is 1.64. The molecule has 0 spiro atoms. The summed E-state index contributed by atoms with van der Waals surface area (Å²) in [6.07, 6.45) is 0. The van der Waals surface area contributed by atoms with E-state index >= 15 is 0 Å². The van der Waals surface area contributed by atoms with E-state index in [2.05, 4.69) is 52.5 Å². The Kier molecular flexibility index (Phi) is 5.48. The summed E-state index contributed by atoms with van der Waals surface area (Å²) in [5.41, 5.74) is 6.82. The molecule has 0 aliphatic heterocycles. The van der Waals surface area contributed by atoms with Crippen LogP contribution in [0.2, 0.25) is 0 Å². The van der Waals surface area contributed by atoms with E-state index in [9.17, 15) is 8.42 Å². The monoisotopic (exact) mass is 496 g/mol. The van der Waals surface area contributed by atoms with Crippen molar-refractivity contribution < 1.29 is 8.42 Å². The summed E-state index contributed by atoms with van der Waals surface area (Å²) in [6.45, 7) is 0.373. The number of benzene rings is 2. The van der Waals surface area contributed by atoms with Crippen LogP contribution in [0.4, 0.5) is 5.69 Å². The molecule has 0 aliphatic rings. The van der Waals surface area contributed by atoms with E-state index in [0.717, 1.165) is 10.0 Å². The first-order valence-corrected chi connectivity index (χ1v) is 9.66. The topological polar surface area (TPSA) is 72.2 Å². The Hall–Kier alpha value is -0.410. The highest BCUT2D eigenvalue weighted by molar-refractivity contribution is 9.11. The van der Waals surface area contributed by atoms with Gasteiger partial charge >= 0.3 is 0 Å². The predicted octanol–water partition coefficient (Wildman–Crippen LogP) is 4.23. The van der Waals surface area contributed by atoms with Crippen LogP contribution in [0.5, 0.6) is 0 Å². The summed E-state index contributed by atoms with van der Waals surface area (Å²) in [7, 11) is -3.66. The smallest absolute Gasteiger partial charge is 0.261 e. The molecule has 0 aliphatic carbocycles. The van der Waals surface area contributed by atoms with Crippen molar-refractivity contribution >= 4 is 63.5 Å². The predicted molar refractivity (Wildman–Crippen MR) is 94.7 cm³/mol. The molecule has 0 saturated heterocycles. The average molecular weight is 499 g/mol. The number of rotatable bonds is 4. The molecule has 2 rings (SSSR count). The Balaban J connectivity index is 2.37. The number of anilines is 1. The zero-order valence-corrected chi connectivity index (χ0v) is 16.2. The van der Waals surface area contributed by atoms with Crippen LogP contribution in [0.1, 0.15) is 5.56 Å². The Bertz CT molecular complexity index is 738. The van der Waals surface area contributed by atoms with E-state index in [1.54, 1.807) is 24.3 Å². The lowest BCUT2D eigenvalue weighted by Crippen LogP contribution is -2.14. The third-order valence-corrected chi connectivity index (χ3v) is 5.79. The van der Waals surface area contributed by atoms with E-state index in [0.29, 0.717) is 21.2 Å². The number of hydrogen-bond acceptors (Lipinski definition) is 3. The van der Waals surface area contributed by atoms with Gasteiger partial charge in [0.05, 0.1) is 10.6 Å². The van der Waals surface area contributed by atoms with Crippen LogP contribution in [0.25, 0.3) is 0 Å². The van der Waals surface area contributed by atoms with Crippen LogP contribution < -0.4 is 10.5 Å². The van der Waals surface area contributed by atoms with Crippen LogP contribution >= 0.6 is 47.8 Å². The van der Waals surface area contributed by atoms with Crippen molar-refractivity contribution in [2.75, 3.05) is 4.72 Å². The Morgan fingerprint density at radius 2 is 1.52 bits per heavy atom. The van der Waals surface area contributed by atoms with Gasteiger partial charge in [0.2, 0.25) is 0 Å². The number of halogens is 3. The Morgan fingerprint density at radius 3 is 2.00 bits per heavy atom. The van der Waals surface area contributed by atoms with Gasteiger partial charge in [-0.25, -0.2) is 8.42 Å². The van der Waals surface area contributed by atoms with Crippen molar-refractivity contribution in [3.05, 3.63) is 55.4 Å². The quantitative estimate of drug-likeness (QED) is 0.662. The molecule has 2 aromatic rings. The van der Waals surface area contributed by atoms with Gasteiger partial charge in [0, 0.05) is 20.0 Å². The molecule has 0 unspecified atom stereocenters. The van der Waals surface area contributed by atoms with Gasteiger partial charge < -0.3 is 5.73 Å². The third kappa shape index (κ3) is 4.07. The summed E-state index contributed by atoms with van der Waals surface area (Å²) in [4.78, 5) is 0.182. The molecule has 8 heteroatoms. The summed E-state index contributed by atoms with van der Waals surface area (Å²) >= 11 is 10.0. The second-order valence-corrected chi connectivity index (χ2v) is 8.50. The Labute approximate surface area is 148 Å². The molecule has 0 amide bonds. The zero-order valence-electron chi connectivity index (χ0n) is 10.6. The van der Waals surface area contributed by atoms with Crippen molar-refractivity contribution in [1.82, 2.24) is 0 Å². The molecule has 2 aromatic carbocycles. The highest BCUT2D eigenvalue weighted by Gasteiger charge is 2.17. The van der Waals surface area contributed by atoms with Gasteiger partial charge in [-0.05, 0) is 61.7 Å². The van der Waals surface area contributed by atoms with Crippen molar-refractivity contribution in [3.63, 3.8) is 0 Å². The van der Waals surface area contributed by atoms with Crippen molar-refractivity contribution in [1.29, 1.82) is 0 Å². The number of sulfonamides is 1. The lowest BCUT2D eigenvalue weighted by molar-refractivity contribution is 0.601. The van der Waals surface area contributed by atoms with E-state index in [-0.39, 0.29) is 4.90 Å². The maximum Gasteiger partial charge on any atom is 0.261 e. The number of nitrogens with two attached hydrogens (primary N) is 1. The summed E-state index contributed by atoms with van der Waals surface area (Å²) in [6, 6.07) is 9.98. The summed E-state index contributed by atoms with van der Waals surface area (Å²) in [5.74, 6) is 0. The molecule has 0 heterocycles. The molecule has 0 saturated carbocycles. The van der Waals surface area contributed by atoms with Crippen LogP contribution in [0.15, 0.2) is 54.7 Å². The van der Waals surface area contributed by atoms with Gasteiger partial charge in [-0.2, -0.15) is 0 Å². The van der Waals surface area contributed by atoms with Crippen LogP contribution in [0, 0.1) is 0 Å².